The number of nitrogens with one attached hydrogen (secondary N) is 1. The average molecular weight is 338 g/mol. The van der Waals surface area contributed by atoms with Gasteiger partial charge in [-0.2, -0.15) is 0 Å². The first kappa shape index (κ1) is 15.6. The quantitative estimate of drug-likeness (QED) is 0.844. The number of ether oxygens (including phenoxy) is 1. The van der Waals surface area contributed by atoms with Crippen LogP contribution in [-0.4, -0.2) is 20.7 Å². The predicted octanol–water partition coefficient (Wildman–Crippen LogP) is 4.64. The molecule has 0 aromatic heterocycles. The Morgan fingerprint density at radius 2 is 2.10 bits per heavy atom. The molecule has 1 aromatic carbocycles. The molecule has 0 spiro atoms. The van der Waals surface area contributed by atoms with Crippen molar-refractivity contribution in [3.8, 4) is 5.75 Å². The Balaban J connectivity index is 2.20. The maximum Gasteiger partial charge on any atom is 0.133 e. The molecule has 0 aliphatic heterocycles. The Bertz CT molecular complexity index is 464. The zero-order chi connectivity index (χ0) is 14.4. The van der Waals surface area contributed by atoms with Crippen LogP contribution in [0.5, 0.6) is 5.75 Å². The lowest BCUT2D eigenvalue weighted by molar-refractivity contribution is 0.398. The molecule has 0 saturated heterocycles. The maximum absolute atomic E-state index is 5.29. The summed E-state index contributed by atoms with van der Waals surface area (Å²) in [6, 6.07) is 6.28. The van der Waals surface area contributed by atoms with Gasteiger partial charge in [0.05, 0.1) is 11.6 Å². The van der Waals surface area contributed by atoms with Crippen molar-refractivity contribution in [1.82, 2.24) is 5.32 Å². The molecule has 1 aliphatic rings. The van der Waals surface area contributed by atoms with E-state index in [2.05, 4.69) is 39.5 Å². The van der Waals surface area contributed by atoms with Crippen molar-refractivity contribution in [2.75, 3.05) is 20.7 Å². The highest BCUT2D eigenvalue weighted by atomic mass is 79.9. The van der Waals surface area contributed by atoms with E-state index in [1.54, 1.807) is 7.11 Å². The minimum atomic E-state index is 0.747. The number of rotatable bonds is 5. The normalized spacial score (nSPS) is 17.2. The van der Waals surface area contributed by atoms with Crippen LogP contribution in [0.2, 0.25) is 0 Å². The fraction of sp³-hybridized carbons (Fsp3) is 0.529. The van der Waals surface area contributed by atoms with E-state index in [0.29, 0.717) is 0 Å². The molecule has 0 radical (unpaired) electrons. The second-order valence-corrected chi connectivity index (χ2v) is 6.33. The number of hydrogen-bond donors (Lipinski definition) is 1. The van der Waals surface area contributed by atoms with Gasteiger partial charge < -0.3 is 10.1 Å². The molecule has 110 valence electrons. The molecule has 1 fully saturated rings. The van der Waals surface area contributed by atoms with E-state index in [-0.39, 0.29) is 0 Å². The first-order chi connectivity index (χ1) is 9.74. The van der Waals surface area contributed by atoms with Crippen molar-refractivity contribution < 1.29 is 4.74 Å². The summed E-state index contributed by atoms with van der Waals surface area (Å²) in [6.45, 7) is 0.980. The monoisotopic (exact) mass is 337 g/mol. The van der Waals surface area contributed by atoms with Gasteiger partial charge in [-0.25, -0.2) is 0 Å². The van der Waals surface area contributed by atoms with Gasteiger partial charge in [0.15, 0.2) is 0 Å². The summed E-state index contributed by atoms with van der Waals surface area (Å²) >= 11 is 3.56. The second-order valence-electron chi connectivity index (χ2n) is 5.48. The van der Waals surface area contributed by atoms with E-state index >= 15 is 0 Å². The largest absolute Gasteiger partial charge is 0.496 e. The number of hydrogen-bond acceptors (Lipinski definition) is 2. The van der Waals surface area contributed by atoms with E-state index in [9.17, 15) is 0 Å². The summed E-state index contributed by atoms with van der Waals surface area (Å²) < 4.78 is 6.30. The van der Waals surface area contributed by atoms with Gasteiger partial charge in [0.25, 0.3) is 0 Å². The van der Waals surface area contributed by atoms with Crippen molar-refractivity contribution in [2.45, 2.75) is 32.1 Å². The van der Waals surface area contributed by atoms with E-state index in [1.165, 1.54) is 43.2 Å². The van der Waals surface area contributed by atoms with Gasteiger partial charge in [-0.05, 0) is 59.4 Å². The molecular weight excluding hydrogens is 314 g/mol. The van der Waals surface area contributed by atoms with Crippen LogP contribution in [-0.2, 0) is 0 Å². The topological polar surface area (TPSA) is 21.3 Å². The molecule has 20 heavy (non-hydrogen) atoms. The third-order valence-electron chi connectivity index (χ3n) is 4.04. The fourth-order valence-corrected chi connectivity index (χ4v) is 3.54. The van der Waals surface area contributed by atoms with Crippen LogP contribution in [0.4, 0.5) is 0 Å². The molecule has 1 N–H and O–H groups in total. The molecule has 3 heteroatoms. The number of likely N-dealkylation sites (N-methyl/N-ethyl adjacent to an activating group) is 1. The van der Waals surface area contributed by atoms with Gasteiger partial charge >= 0.3 is 0 Å². The van der Waals surface area contributed by atoms with Crippen LogP contribution in [0, 0.1) is 5.92 Å². The van der Waals surface area contributed by atoms with Crippen molar-refractivity contribution >= 4 is 22.0 Å². The molecule has 2 nitrogen and oxygen atoms in total. The minimum absolute atomic E-state index is 0.747. The van der Waals surface area contributed by atoms with Gasteiger partial charge in [0, 0.05) is 6.54 Å². The zero-order valence-electron chi connectivity index (χ0n) is 12.4. The summed E-state index contributed by atoms with van der Waals surface area (Å²) in [5.74, 6) is 1.63. The molecule has 0 amide bonds. The first-order valence-electron chi connectivity index (χ1n) is 7.43. The standard InChI is InChI=1S/C17H24BrNO/c1-19-12-15(14-6-4-3-5-7-14)10-13-8-9-17(20-2)16(18)11-13/h8-11,14,19H,3-7,12H2,1-2H3/b15-10-. The fourth-order valence-electron chi connectivity index (χ4n) is 2.98. The first-order valence-corrected chi connectivity index (χ1v) is 8.22. The molecule has 1 aromatic rings. The Hall–Kier alpha value is -0.800. The maximum atomic E-state index is 5.29. The van der Waals surface area contributed by atoms with E-state index in [1.807, 2.05) is 13.1 Å². The minimum Gasteiger partial charge on any atom is -0.496 e. The molecule has 1 aliphatic carbocycles. The Labute approximate surface area is 130 Å². The lowest BCUT2D eigenvalue weighted by Gasteiger charge is -2.24. The van der Waals surface area contributed by atoms with Crippen LogP contribution in [0.1, 0.15) is 37.7 Å². The third-order valence-corrected chi connectivity index (χ3v) is 4.66. The molecule has 0 bridgehead atoms. The zero-order valence-corrected chi connectivity index (χ0v) is 14.0. The lowest BCUT2D eigenvalue weighted by atomic mass is 9.83. The van der Waals surface area contributed by atoms with Crippen LogP contribution in [0.3, 0.4) is 0 Å². The van der Waals surface area contributed by atoms with Gasteiger partial charge in [-0.3, -0.25) is 0 Å². The molecule has 0 heterocycles. The van der Waals surface area contributed by atoms with E-state index < -0.39 is 0 Å². The number of methoxy groups -OCH3 is 1. The summed E-state index contributed by atoms with van der Waals surface area (Å²) in [4.78, 5) is 0. The van der Waals surface area contributed by atoms with Crippen molar-refractivity contribution in [2.24, 2.45) is 5.92 Å². The van der Waals surface area contributed by atoms with Crippen molar-refractivity contribution in [1.29, 1.82) is 0 Å². The second kappa shape index (κ2) is 7.84. The van der Waals surface area contributed by atoms with Gasteiger partial charge in [-0.15, -0.1) is 0 Å². The van der Waals surface area contributed by atoms with E-state index in [4.69, 9.17) is 4.74 Å². The van der Waals surface area contributed by atoms with E-state index in [0.717, 1.165) is 22.7 Å². The van der Waals surface area contributed by atoms with Crippen LogP contribution >= 0.6 is 15.9 Å². The molecule has 1 saturated carbocycles. The van der Waals surface area contributed by atoms with Crippen LogP contribution in [0.15, 0.2) is 28.2 Å². The highest BCUT2D eigenvalue weighted by molar-refractivity contribution is 9.10. The SMILES string of the molecule is CNC/C(=C/c1ccc(OC)c(Br)c1)C1CCCCC1. The smallest absolute Gasteiger partial charge is 0.133 e. The number of benzene rings is 1. The van der Waals surface area contributed by atoms with Gasteiger partial charge in [0.1, 0.15) is 5.75 Å². The summed E-state index contributed by atoms with van der Waals surface area (Å²) in [7, 11) is 3.73. The van der Waals surface area contributed by atoms with Crippen LogP contribution in [0.25, 0.3) is 6.08 Å². The number of halogens is 1. The molecular formula is C17H24BrNO. The Morgan fingerprint density at radius 1 is 1.35 bits per heavy atom. The van der Waals surface area contributed by atoms with Crippen molar-refractivity contribution in [3.63, 3.8) is 0 Å². The van der Waals surface area contributed by atoms with Gasteiger partial charge in [-0.1, -0.05) is 37.0 Å². The van der Waals surface area contributed by atoms with Crippen LogP contribution < -0.4 is 10.1 Å². The molecule has 2 rings (SSSR count). The molecule has 0 unspecified atom stereocenters. The summed E-state index contributed by atoms with van der Waals surface area (Å²) in [5, 5.41) is 3.32. The third kappa shape index (κ3) is 4.10. The van der Waals surface area contributed by atoms with Gasteiger partial charge in [0.2, 0.25) is 0 Å². The summed E-state index contributed by atoms with van der Waals surface area (Å²) in [5.41, 5.74) is 2.78. The molecule has 0 atom stereocenters. The summed E-state index contributed by atoms with van der Waals surface area (Å²) in [6.07, 6.45) is 9.17. The Morgan fingerprint density at radius 3 is 2.70 bits per heavy atom. The highest BCUT2D eigenvalue weighted by Crippen LogP contribution is 2.32. The lowest BCUT2D eigenvalue weighted by Crippen LogP contribution is -2.19. The predicted molar refractivity (Wildman–Crippen MR) is 89.2 cm³/mol. The Kier molecular flexibility index (Phi) is 6.11. The highest BCUT2D eigenvalue weighted by Gasteiger charge is 2.17. The average Bonchev–Trinajstić information content (AvgIpc) is 2.48. The van der Waals surface area contributed by atoms with Crippen molar-refractivity contribution in [3.05, 3.63) is 33.8 Å².